The Hall–Kier alpha value is -2.44. The van der Waals surface area contributed by atoms with Crippen molar-refractivity contribution in [1.82, 2.24) is 5.32 Å². The number of hydrogen-bond acceptors (Lipinski definition) is 5. The van der Waals surface area contributed by atoms with Crippen molar-refractivity contribution in [2.24, 2.45) is 0 Å². The van der Waals surface area contributed by atoms with Gasteiger partial charge in [-0.1, -0.05) is 191 Å². The third-order valence-electron chi connectivity index (χ3n) is 10.8. The van der Waals surface area contributed by atoms with Crippen molar-refractivity contribution in [1.29, 1.82) is 0 Å². The number of allylic oxidation sites excluding steroid dienone is 10. The number of ether oxygens (including phenoxy) is 1. The second kappa shape index (κ2) is 45.6. The molecule has 6 heteroatoms. The van der Waals surface area contributed by atoms with Crippen LogP contribution in [0.4, 0.5) is 0 Å². The van der Waals surface area contributed by atoms with E-state index in [1.807, 2.05) is 0 Å². The second-order valence-corrected chi connectivity index (χ2v) is 16.5. The van der Waals surface area contributed by atoms with Gasteiger partial charge in [-0.05, 0) is 89.9 Å². The van der Waals surface area contributed by atoms with E-state index in [1.54, 1.807) is 0 Å². The molecular weight excluding hydrogens is 719 g/mol. The van der Waals surface area contributed by atoms with Crippen LogP contribution in [0.3, 0.4) is 0 Å². The van der Waals surface area contributed by atoms with Gasteiger partial charge in [0.1, 0.15) is 6.10 Å². The van der Waals surface area contributed by atoms with Crippen LogP contribution in [-0.4, -0.2) is 46.9 Å². The molecule has 0 fully saturated rings. The molecule has 3 N–H and O–H groups in total. The average Bonchev–Trinajstić information content (AvgIpc) is 3.22. The number of amides is 1. The first-order valence-electron chi connectivity index (χ1n) is 24.5. The molecule has 0 aliphatic carbocycles. The van der Waals surface area contributed by atoms with Crippen LogP contribution in [0.15, 0.2) is 60.8 Å². The molecule has 1 amide bonds. The van der Waals surface area contributed by atoms with Crippen LogP contribution >= 0.6 is 0 Å². The van der Waals surface area contributed by atoms with Crippen LogP contribution < -0.4 is 5.32 Å². The molecule has 0 rings (SSSR count). The number of esters is 1. The van der Waals surface area contributed by atoms with Gasteiger partial charge in [0.2, 0.25) is 5.91 Å². The van der Waals surface area contributed by atoms with Crippen LogP contribution in [0.25, 0.3) is 0 Å². The fraction of sp³-hybridized carbons (Fsp3) is 0.769. The highest BCUT2D eigenvalue weighted by molar-refractivity contribution is 5.77. The number of aliphatic hydroxyl groups excluding tert-OH is 2. The van der Waals surface area contributed by atoms with E-state index in [-0.39, 0.29) is 24.9 Å². The van der Waals surface area contributed by atoms with Crippen LogP contribution in [0.2, 0.25) is 0 Å². The van der Waals surface area contributed by atoms with E-state index in [2.05, 4.69) is 86.8 Å². The first-order valence-corrected chi connectivity index (χ1v) is 24.5. The monoisotopic (exact) mass is 812 g/mol. The molecule has 0 aromatic rings. The molecule has 0 saturated heterocycles. The molecule has 0 heterocycles. The van der Waals surface area contributed by atoms with E-state index in [0.717, 1.165) is 103 Å². The van der Waals surface area contributed by atoms with Gasteiger partial charge in [-0.15, -0.1) is 0 Å². The Morgan fingerprint density at radius 3 is 1.45 bits per heavy atom. The Labute approximate surface area is 358 Å². The Morgan fingerprint density at radius 2 is 0.931 bits per heavy atom. The van der Waals surface area contributed by atoms with Crippen LogP contribution in [0.5, 0.6) is 0 Å². The average molecular weight is 812 g/mol. The van der Waals surface area contributed by atoms with E-state index < -0.39 is 18.2 Å². The third kappa shape index (κ3) is 40.3. The highest BCUT2D eigenvalue weighted by atomic mass is 16.5. The molecule has 3 atom stereocenters. The van der Waals surface area contributed by atoms with Gasteiger partial charge in [-0.2, -0.15) is 0 Å². The molecule has 0 aromatic heterocycles. The normalized spacial score (nSPS) is 13.8. The number of carbonyl (C=O) groups excluding carboxylic acids is 2. The lowest BCUT2D eigenvalue weighted by atomic mass is 10.0. The minimum Gasteiger partial charge on any atom is -0.462 e. The van der Waals surface area contributed by atoms with Crippen LogP contribution in [0, 0.1) is 0 Å². The summed E-state index contributed by atoms with van der Waals surface area (Å²) >= 11 is 0. The quantitative estimate of drug-likeness (QED) is 0.0324. The summed E-state index contributed by atoms with van der Waals surface area (Å²) in [4.78, 5) is 26.1. The van der Waals surface area contributed by atoms with Gasteiger partial charge < -0.3 is 20.3 Å². The predicted octanol–water partition coefficient (Wildman–Crippen LogP) is 14.5. The van der Waals surface area contributed by atoms with Crippen molar-refractivity contribution >= 4 is 11.9 Å². The van der Waals surface area contributed by atoms with Gasteiger partial charge in [0.05, 0.1) is 25.2 Å². The Bertz CT molecular complexity index is 1050. The topological polar surface area (TPSA) is 95.9 Å². The van der Waals surface area contributed by atoms with Gasteiger partial charge in [-0.25, -0.2) is 0 Å². The number of aliphatic hydroxyl groups is 2. The summed E-state index contributed by atoms with van der Waals surface area (Å²) < 4.78 is 5.90. The van der Waals surface area contributed by atoms with Gasteiger partial charge in [-0.3, -0.25) is 9.59 Å². The number of rotatable bonds is 43. The largest absolute Gasteiger partial charge is 0.462 e. The highest BCUT2D eigenvalue weighted by Crippen LogP contribution is 2.17. The standard InChI is InChI=1S/C52H93NO5/c1-4-7-10-13-16-19-21-23-25-26-28-30-33-36-39-42-45-52(57)58-48(43-40-37-34-32-29-27-24-22-20-17-14-11-8-5-2)46-51(56)53-49(47-54)50(55)44-41-38-35-31-18-15-12-9-6-3/h7,10,16,19,23,25,27-30,48-50,54-55H,4-6,8-9,11-15,17-18,20-22,24,26,31-47H2,1-3H3,(H,53,56)/b10-7+,19-16+,25-23+,29-27+,30-28+. The van der Waals surface area contributed by atoms with Crippen molar-refractivity contribution in [3.8, 4) is 0 Å². The minimum atomic E-state index is -0.796. The van der Waals surface area contributed by atoms with Crippen molar-refractivity contribution in [2.45, 2.75) is 251 Å². The smallest absolute Gasteiger partial charge is 0.306 e. The van der Waals surface area contributed by atoms with Crippen molar-refractivity contribution < 1.29 is 24.5 Å². The summed E-state index contributed by atoms with van der Waals surface area (Å²) in [6.45, 7) is 6.33. The summed E-state index contributed by atoms with van der Waals surface area (Å²) in [6.07, 6.45) is 55.7. The Balaban J connectivity index is 4.67. The summed E-state index contributed by atoms with van der Waals surface area (Å²) in [5.74, 6) is -0.527. The van der Waals surface area contributed by atoms with E-state index in [9.17, 15) is 19.8 Å². The predicted molar refractivity (Wildman–Crippen MR) is 250 cm³/mol. The number of nitrogens with one attached hydrogen (secondary N) is 1. The van der Waals surface area contributed by atoms with Gasteiger partial charge in [0.25, 0.3) is 0 Å². The Kier molecular flexibility index (Phi) is 43.7. The molecule has 0 saturated carbocycles. The highest BCUT2D eigenvalue weighted by Gasteiger charge is 2.24. The zero-order chi connectivity index (χ0) is 42.4. The maximum Gasteiger partial charge on any atom is 0.306 e. The molecule has 0 radical (unpaired) electrons. The molecule has 0 aromatic carbocycles. The van der Waals surface area contributed by atoms with Gasteiger partial charge >= 0.3 is 5.97 Å². The maximum atomic E-state index is 13.1. The lowest BCUT2D eigenvalue weighted by Crippen LogP contribution is -2.46. The summed E-state index contributed by atoms with van der Waals surface area (Å²) in [6, 6.07) is -0.712. The lowest BCUT2D eigenvalue weighted by Gasteiger charge is -2.24. The molecule has 0 aliphatic heterocycles. The van der Waals surface area contributed by atoms with Gasteiger partial charge in [0.15, 0.2) is 0 Å². The van der Waals surface area contributed by atoms with E-state index >= 15 is 0 Å². The zero-order valence-corrected chi connectivity index (χ0v) is 38.2. The molecule has 0 bridgehead atoms. The van der Waals surface area contributed by atoms with Crippen molar-refractivity contribution in [2.75, 3.05) is 6.61 Å². The SMILES string of the molecule is CC/C=C/C/C=C/C/C=C/C/C=C/CCCCCC(=O)OC(CCCCC/C=C/CCCCCCCCC)CC(=O)NC(CO)C(O)CCCCCCCCCCC. The van der Waals surface area contributed by atoms with Crippen molar-refractivity contribution in [3.63, 3.8) is 0 Å². The maximum absolute atomic E-state index is 13.1. The van der Waals surface area contributed by atoms with Gasteiger partial charge in [0, 0.05) is 6.42 Å². The number of unbranched alkanes of at least 4 members (excludes halogenated alkanes) is 21. The second-order valence-electron chi connectivity index (χ2n) is 16.5. The fourth-order valence-corrected chi connectivity index (χ4v) is 7.12. The van der Waals surface area contributed by atoms with E-state index in [4.69, 9.17) is 4.74 Å². The summed E-state index contributed by atoms with van der Waals surface area (Å²) in [7, 11) is 0. The molecule has 6 nitrogen and oxygen atoms in total. The minimum absolute atomic E-state index is 0.0527. The number of carbonyl (C=O) groups is 2. The molecule has 3 unspecified atom stereocenters. The summed E-state index contributed by atoms with van der Waals surface area (Å²) in [5, 5.41) is 23.6. The first-order chi connectivity index (χ1) is 28.5. The number of hydrogen-bond donors (Lipinski definition) is 3. The Morgan fingerprint density at radius 1 is 0.517 bits per heavy atom. The third-order valence-corrected chi connectivity index (χ3v) is 10.8. The van der Waals surface area contributed by atoms with E-state index in [1.165, 1.54) is 83.5 Å². The molecule has 58 heavy (non-hydrogen) atoms. The molecule has 0 spiro atoms. The van der Waals surface area contributed by atoms with E-state index in [0.29, 0.717) is 19.3 Å². The first kappa shape index (κ1) is 55.6. The van der Waals surface area contributed by atoms with Crippen molar-refractivity contribution in [3.05, 3.63) is 60.8 Å². The zero-order valence-electron chi connectivity index (χ0n) is 38.2. The van der Waals surface area contributed by atoms with Crippen LogP contribution in [-0.2, 0) is 14.3 Å². The van der Waals surface area contributed by atoms with Crippen LogP contribution in [0.1, 0.15) is 233 Å². The molecular formula is C52H93NO5. The molecule has 0 aliphatic rings. The summed E-state index contributed by atoms with van der Waals surface area (Å²) in [5.41, 5.74) is 0. The fourth-order valence-electron chi connectivity index (χ4n) is 7.12. The molecule has 336 valence electrons. The lowest BCUT2D eigenvalue weighted by molar-refractivity contribution is -0.151.